The van der Waals surface area contributed by atoms with Gasteiger partial charge in [0.1, 0.15) is 9.84 Å². The molecule has 20 heavy (non-hydrogen) atoms. The standard InChI is InChI=1S/C15H20N2O2S/c1-20(18,19)10-9-14(17-16)11-13-7-4-6-12-5-2-3-8-15(12)13/h2-8,14,17H,9-11,16H2,1H3. The first-order chi connectivity index (χ1) is 9.49. The fourth-order valence-corrected chi connectivity index (χ4v) is 3.05. The highest BCUT2D eigenvalue weighted by Crippen LogP contribution is 2.20. The maximum Gasteiger partial charge on any atom is 0.147 e. The highest BCUT2D eigenvalue weighted by Gasteiger charge is 2.13. The number of benzene rings is 2. The van der Waals surface area contributed by atoms with Crippen molar-refractivity contribution in [3.63, 3.8) is 0 Å². The van der Waals surface area contributed by atoms with Crippen LogP contribution in [0, 0.1) is 0 Å². The summed E-state index contributed by atoms with van der Waals surface area (Å²) in [5.74, 6) is 5.69. The van der Waals surface area contributed by atoms with Crippen LogP contribution in [0.1, 0.15) is 12.0 Å². The van der Waals surface area contributed by atoms with Gasteiger partial charge in [-0.15, -0.1) is 0 Å². The molecule has 0 aromatic heterocycles. The Balaban J connectivity index is 2.17. The van der Waals surface area contributed by atoms with Crippen LogP contribution in [0.15, 0.2) is 42.5 Å². The molecule has 1 atom stereocenters. The Hall–Kier alpha value is -1.43. The molecule has 0 aliphatic heterocycles. The van der Waals surface area contributed by atoms with Crippen LogP contribution in [0.2, 0.25) is 0 Å². The van der Waals surface area contributed by atoms with Gasteiger partial charge in [-0.2, -0.15) is 0 Å². The maximum atomic E-state index is 11.2. The summed E-state index contributed by atoms with van der Waals surface area (Å²) in [6.45, 7) is 0. The molecule has 5 heteroatoms. The van der Waals surface area contributed by atoms with Crippen molar-refractivity contribution in [2.75, 3.05) is 12.0 Å². The zero-order valence-electron chi connectivity index (χ0n) is 11.5. The minimum absolute atomic E-state index is 0.0458. The third-order valence-electron chi connectivity index (χ3n) is 3.42. The molecule has 2 aromatic rings. The predicted octanol–water partition coefficient (Wildman–Crippen LogP) is 1.65. The van der Waals surface area contributed by atoms with E-state index in [0.29, 0.717) is 12.8 Å². The van der Waals surface area contributed by atoms with E-state index in [1.807, 2.05) is 18.2 Å². The summed E-state index contributed by atoms with van der Waals surface area (Å²) in [4.78, 5) is 0. The molecule has 4 nitrogen and oxygen atoms in total. The third-order valence-corrected chi connectivity index (χ3v) is 4.40. The van der Waals surface area contributed by atoms with E-state index in [1.54, 1.807) is 0 Å². The van der Waals surface area contributed by atoms with E-state index in [-0.39, 0.29) is 11.8 Å². The molecule has 0 radical (unpaired) electrons. The highest BCUT2D eigenvalue weighted by molar-refractivity contribution is 7.90. The number of fused-ring (bicyclic) bond motifs is 1. The van der Waals surface area contributed by atoms with Crippen molar-refractivity contribution in [3.8, 4) is 0 Å². The van der Waals surface area contributed by atoms with Crippen LogP contribution in [0.3, 0.4) is 0 Å². The molecule has 108 valence electrons. The Morgan fingerprint density at radius 1 is 1.15 bits per heavy atom. The number of sulfone groups is 1. The summed E-state index contributed by atoms with van der Waals surface area (Å²) in [6, 6.07) is 14.3. The Morgan fingerprint density at radius 3 is 2.55 bits per heavy atom. The van der Waals surface area contributed by atoms with Gasteiger partial charge in [0.05, 0.1) is 5.75 Å². The van der Waals surface area contributed by atoms with Crippen molar-refractivity contribution in [2.45, 2.75) is 18.9 Å². The first kappa shape index (κ1) is 15.0. The van der Waals surface area contributed by atoms with Crippen LogP contribution in [0.25, 0.3) is 10.8 Å². The molecule has 0 bridgehead atoms. The molecule has 0 saturated heterocycles. The maximum absolute atomic E-state index is 11.2. The van der Waals surface area contributed by atoms with Gasteiger partial charge in [-0.05, 0) is 29.2 Å². The van der Waals surface area contributed by atoms with Gasteiger partial charge in [0.2, 0.25) is 0 Å². The van der Waals surface area contributed by atoms with Gasteiger partial charge in [0.15, 0.2) is 0 Å². The molecule has 2 rings (SSSR count). The summed E-state index contributed by atoms with van der Waals surface area (Å²) in [5.41, 5.74) is 3.90. The van der Waals surface area contributed by atoms with Gasteiger partial charge >= 0.3 is 0 Å². The average molecular weight is 292 g/mol. The van der Waals surface area contributed by atoms with E-state index in [1.165, 1.54) is 22.6 Å². The number of hydrogen-bond donors (Lipinski definition) is 2. The summed E-state index contributed by atoms with van der Waals surface area (Å²) in [5, 5.41) is 2.37. The van der Waals surface area contributed by atoms with Crippen LogP contribution in [0.4, 0.5) is 0 Å². The number of hydrazine groups is 1. The molecule has 0 fully saturated rings. The van der Waals surface area contributed by atoms with Crippen molar-refractivity contribution >= 4 is 20.6 Å². The molecule has 0 spiro atoms. The molecule has 3 N–H and O–H groups in total. The first-order valence-electron chi connectivity index (χ1n) is 6.60. The Labute approximate surface area is 119 Å². The molecular weight excluding hydrogens is 272 g/mol. The lowest BCUT2D eigenvalue weighted by Gasteiger charge is -2.16. The van der Waals surface area contributed by atoms with E-state index in [4.69, 9.17) is 5.84 Å². The van der Waals surface area contributed by atoms with E-state index in [9.17, 15) is 8.42 Å². The smallest absolute Gasteiger partial charge is 0.147 e. The highest BCUT2D eigenvalue weighted by atomic mass is 32.2. The van der Waals surface area contributed by atoms with Crippen LogP contribution in [0.5, 0.6) is 0 Å². The van der Waals surface area contributed by atoms with Gasteiger partial charge in [0.25, 0.3) is 0 Å². The normalized spacial score (nSPS) is 13.5. The Morgan fingerprint density at radius 2 is 1.85 bits per heavy atom. The monoisotopic (exact) mass is 292 g/mol. The van der Waals surface area contributed by atoms with Crippen LogP contribution >= 0.6 is 0 Å². The van der Waals surface area contributed by atoms with Gasteiger partial charge in [-0.1, -0.05) is 42.5 Å². The van der Waals surface area contributed by atoms with Crippen molar-refractivity contribution in [2.24, 2.45) is 5.84 Å². The lowest BCUT2D eigenvalue weighted by atomic mass is 9.98. The SMILES string of the molecule is CS(=O)(=O)CCC(Cc1cccc2ccccc12)NN. The van der Waals surface area contributed by atoms with Gasteiger partial charge in [0, 0.05) is 12.3 Å². The van der Waals surface area contributed by atoms with E-state index in [2.05, 4.69) is 29.7 Å². The fraction of sp³-hybridized carbons (Fsp3) is 0.333. The van der Waals surface area contributed by atoms with E-state index < -0.39 is 9.84 Å². The predicted molar refractivity (Wildman–Crippen MR) is 83.1 cm³/mol. The second kappa shape index (κ2) is 6.35. The van der Waals surface area contributed by atoms with Crippen molar-refractivity contribution in [3.05, 3.63) is 48.0 Å². The number of nitrogens with two attached hydrogens (primary N) is 1. The molecule has 0 heterocycles. The Kier molecular flexibility index (Phi) is 4.75. The Bertz CT molecular complexity index is 678. The number of rotatable bonds is 6. The molecule has 1 unspecified atom stereocenters. The minimum Gasteiger partial charge on any atom is -0.271 e. The summed E-state index contributed by atoms with van der Waals surface area (Å²) < 4.78 is 22.5. The molecule has 2 aromatic carbocycles. The second-order valence-electron chi connectivity index (χ2n) is 5.12. The van der Waals surface area contributed by atoms with Gasteiger partial charge < -0.3 is 0 Å². The zero-order chi connectivity index (χ0) is 14.6. The molecule has 0 amide bonds. The molecule has 0 aliphatic rings. The van der Waals surface area contributed by atoms with Crippen molar-refractivity contribution in [1.82, 2.24) is 5.43 Å². The third kappa shape index (κ3) is 4.03. The molecule has 0 aliphatic carbocycles. The van der Waals surface area contributed by atoms with E-state index in [0.717, 1.165) is 0 Å². The number of hydrogen-bond acceptors (Lipinski definition) is 4. The lowest BCUT2D eigenvalue weighted by molar-refractivity contribution is 0.508. The van der Waals surface area contributed by atoms with Crippen molar-refractivity contribution in [1.29, 1.82) is 0 Å². The minimum atomic E-state index is -2.96. The quantitative estimate of drug-likeness (QED) is 0.627. The second-order valence-corrected chi connectivity index (χ2v) is 7.38. The summed E-state index contributed by atoms with van der Waals surface area (Å²) >= 11 is 0. The van der Waals surface area contributed by atoms with Crippen LogP contribution in [-0.4, -0.2) is 26.5 Å². The van der Waals surface area contributed by atoms with E-state index >= 15 is 0 Å². The van der Waals surface area contributed by atoms with Gasteiger partial charge in [-0.25, -0.2) is 8.42 Å². The lowest BCUT2D eigenvalue weighted by Crippen LogP contribution is -2.38. The van der Waals surface area contributed by atoms with Gasteiger partial charge in [-0.3, -0.25) is 11.3 Å². The molecular formula is C15H20N2O2S. The average Bonchev–Trinajstić information content (AvgIpc) is 2.42. The first-order valence-corrected chi connectivity index (χ1v) is 8.66. The fourth-order valence-electron chi connectivity index (χ4n) is 2.34. The summed E-state index contributed by atoms with van der Waals surface area (Å²) in [7, 11) is -2.96. The largest absolute Gasteiger partial charge is 0.271 e. The van der Waals surface area contributed by atoms with Crippen LogP contribution in [-0.2, 0) is 16.3 Å². The summed E-state index contributed by atoms with van der Waals surface area (Å²) in [6.07, 6.45) is 2.48. The topological polar surface area (TPSA) is 72.2 Å². The van der Waals surface area contributed by atoms with Crippen LogP contribution < -0.4 is 11.3 Å². The molecule has 0 saturated carbocycles. The zero-order valence-corrected chi connectivity index (χ0v) is 12.4. The van der Waals surface area contributed by atoms with Crippen molar-refractivity contribution < 1.29 is 8.42 Å². The number of nitrogens with one attached hydrogen (secondary N) is 1.